The number of rotatable bonds is 5. The predicted octanol–water partition coefficient (Wildman–Crippen LogP) is 2.93. The number of amides is 2. The van der Waals surface area contributed by atoms with Crippen LogP contribution in [0.1, 0.15) is 79.1 Å². The minimum absolute atomic E-state index is 0.0314. The van der Waals surface area contributed by atoms with Gasteiger partial charge in [0, 0.05) is 25.5 Å². The number of benzene rings is 1. The van der Waals surface area contributed by atoms with Crippen molar-refractivity contribution in [2.24, 2.45) is 11.1 Å². The maximum absolute atomic E-state index is 15.4. The van der Waals surface area contributed by atoms with Crippen LogP contribution in [-0.2, 0) is 17.6 Å². The van der Waals surface area contributed by atoms with Gasteiger partial charge in [0.05, 0.1) is 33.9 Å². The maximum atomic E-state index is 15.4. The molecular formula is C25H32FN5O3. The Bertz CT molecular complexity index is 1160. The number of aromatic nitrogens is 2. The number of anilines is 1. The molecular weight excluding hydrogens is 437 g/mol. The van der Waals surface area contributed by atoms with E-state index in [1.807, 2.05) is 20.8 Å². The number of halogens is 1. The molecule has 1 aromatic heterocycles. The molecule has 4 rings (SSSR count). The number of nitrogens with zero attached hydrogens (tertiary/aromatic N) is 3. The van der Waals surface area contributed by atoms with Gasteiger partial charge in [-0.05, 0) is 50.3 Å². The van der Waals surface area contributed by atoms with Crippen LogP contribution in [-0.4, -0.2) is 46.5 Å². The minimum Gasteiger partial charge on any atom is -0.365 e. The van der Waals surface area contributed by atoms with Crippen LogP contribution in [0.25, 0.3) is 5.69 Å². The van der Waals surface area contributed by atoms with E-state index in [1.54, 1.807) is 10.7 Å². The number of carbonyl (C=O) groups is 3. The van der Waals surface area contributed by atoms with E-state index in [2.05, 4.69) is 10.4 Å². The Balaban J connectivity index is 1.93. The molecule has 0 bridgehead atoms. The Morgan fingerprint density at radius 1 is 1.26 bits per heavy atom. The molecule has 3 N–H and O–H groups in total. The number of ketones is 1. The average Bonchev–Trinajstić information content (AvgIpc) is 3.11. The lowest BCUT2D eigenvalue weighted by atomic mass is 9.75. The number of Topliss-reactive ketones (excluding diaryl/α,β-unsaturated/α-hetero) is 1. The maximum Gasteiger partial charge on any atom is 0.253 e. The number of fused-ring (bicyclic) bond motifs is 1. The van der Waals surface area contributed by atoms with Gasteiger partial charge in [0.15, 0.2) is 5.78 Å². The first-order valence-electron chi connectivity index (χ1n) is 11.8. The Hall–Kier alpha value is -3.07. The zero-order valence-corrected chi connectivity index (χ0v) is 20.2. The first-order valence-corrected chi connectivity index (χ1v) is 11.8. The molecule has 34 heavy (non-hydrogen) atoms. The summed E-state index contributed by atoms with van der Waals surface area (Å²) in [6.45, 7) is 8.81. The molecule has 2 aromatic rings. The molecule has 9 heteroatoms. The first kappa shape index (κ1) is 24.1. The van der Waals surface area contributed by atoms with Gasteiger partial charge in [-0.25, -0.2) is 9.07 Å². The molecule has 8 nitrogen and oxygen atoms in total. The molecule has 2 heterocycles. The van der Waals surface area contributed by atoms with E-state index in [1.165, 1.54) is 17.9 Å². The summed E-state index contributed by atoms with van der Waals surface area (Å²) >= 11 is 0. The smallest absolute Gasteiger partial charge is 0.253 e. The van der Waals surface area contributed by atoms with Crippen LogP contribution >= 0.6 is 0 Å². The molecule has 1 fully saturated rings. The third-order valence-electron chi connectivity index (χ3n) is 6.77. The van der Waals surface area contributed by atoms with Crippen LogP contribution in [0.4, 0.5) is 10.1 Å². The van der Waals surface area contributed by atoms with Crippen LogP contribution in [0.2, 0.25) is 0 Å². The van der Waals surface area contributed by atoms with Crippen LogP contribution in [0, 0.1) is 11.2 Å². The highest BCUT2D eigenvalue weighted by Gasteiger charge is 2.37. The Morgan fingerprint density at radius 2 is 1.94 bits per heavy atom. The number of aryl methyl sites for hydroxylation is 1. The largest absolute Gasteiger partial charge is 0.365 e. The average molecular weight is 470 g/mol. The molecule has 1 saturated heterocycles. The van der Waals surface area contributed by atoms with Gasteiger partial charge in [0.25, 0.3) is 5.91 Å². The SMILES string of the molecule is CCc1nn(-c2cc(F)c(C(N)=O)c(N(C(C)=O)C3CCNCC3)c2)c2c1C(=O)CC(C)(C)C2. The van der Waals surface area contributed by atoms with E-state index < -0.39 is 11.7 Å². The Labute approximate surface area is 198 Å². The molecule has 0 radical (unpaired) electrons. The van der Waals surface area contributed by atoms with Crippen molar-refractivity contribution >= 4 is 23.3 Å². The van der Waals surface area contributed by atoms with Gasteiger partial charge in [-0.1, -0.05) is 20.8 Å². The monoisotopic (exact) mass is 469 g/mol. The van der Waals surface area contributed by atoms with Crippen molar-refractivity contribution < 1.29 is 18.8 Å². The predicted molar refractivity (Wildman–Crippen MR) is 127 cm³/mol. The Morgan fingerprint density at radius 3 is 2.53 bits per heavy atom. The van der Waals surface area contributed by atoms with Gasteiger partial charge >= 0.3 is 0 Å². The van der Waals surface area contributed by atoms with Gasteiger partial charge in [0.1, 0.15) is 5.82 Å². The van der Waals surface area contributed by atoms with Crippen LogP contribution in [0.15, 0.2) is 12.1 Å². The van der Waals surface area contributed by atoms with Crippen molar-refractivity contribution in [3.05, 3.63) is 40.5 Å². The molecule has 1 aliphatic heterocycles. The van der Waals surface area contributed by atoms with E-state index in [4.69, 9.17) is 5.73 Å². The van der Waals surface area contributed by atoms with Gasteiger partial charge in [-0.15, -0.1) is 0 Å². The van der Waals surface area contributed by atoms with Gasteiger partial charge in [0.2, 0.25) is 5.91 Å². The lowest BCUT2D eigenvalue weighted by Crippen LogP contribution is -2.46. The second kappa shape index (κ2) is 8.94. The number of nitrogens with one attached hydrogen (secondary N) is 1. The van der Waals surface area contributed by atoms with Gasteiger partial charge in [-0.2, -0.15) is 5.10 Å². The number of carbonyl (C=O) groups excluding carboxylic acids is 3. The summed E-state index contributed by atoms with van der Waals surface area (Å²) in [5.74, 6) is -2.01. The molecule has 1 aliphatic carbocycles. The number of hydrogen-bond acceptors (Lipinski definition) is 5. The highest BCUT2D eigenvalue weighted by molar-refractivity contribution is 6.05. The molecule has 0 atom stereocenters. The molecule has 182 valence electrons. The quantitative estimate of drug-likeness (QED) is 0.700. The summed E-state index contributed by atoms with van der Waals surface area (Å²) in [5, 5.41) is 7.92. The second-order valence-corrected chi connectivity index (χ2v) is 10.0. The summed E-state index contributed by atoms with van der Waals surface area (Å²) in [6, 6.07) is 2.62. The van der Waals surface area contributed by atoms with Crippen molar-refractivity contribution in [3.8, 4) is 5.69 Å². The highest BCUT2D eigenvalue weighted by atomic mass is 19.1. The molecule has 0 saturated carbocycles. The van der Waals surface area contributed by atoms with Crippen molar-refractivity contribution in [1.82, 2.24) is 15.1 Å². The van der Waals surface area contributed by atoms with E-state index in [0.717, 1.165) is 5.69 Å². The normalized spacial score (nSPS) is 18.0. The topological polar surface area (TPSA) is 110 Å². The third-order valence-corrected chi connectivity index (χ3v) is 6.77. The molecule has 0 spiro atoms. The van der Waals surface area contributed by atoms with E-state index in [-0.39, 0.29) is 34.4 Å². The number of hydrogen-bond donors (Lipinski definition) is 2. The van der Waals surface area contributed by atoms with Crippen molar-refractivity contribution in [3.63, 3.8) is 0 Å². The van der Waals surface area contributed by atoms with Crippen molar-refractivity contribution in [1.29, 1.82) is 0 Å². The van der Waals surface area contributed by atoms with E-state index in [0.29, 0.717) is 62.1 Å². The number of nitrogens with two attached hydrogens (primary N) is 1. The Kier molecular flexibility index (Phi) is 6.33. The number of primary amides is 1. The summed E-state index contributed by atoms with van der Waals surface area (Å²) in [6.07, 6.45) is 2.92. The van der Waals surface area contributed by atoms with E-state index in [9.17, 15) is 14.4 Å². The fourth-order valence-corrected chi connectivity index (χ4v) is 5.31. The summed E-state index contributed by atoms with van der Waals surface area (Å²) in [4.78, 5) is 39.5. The third kappa shape index (κ3) is 4.24. The summed E-state index contributed by atoms with van der Waals surface area (Å²) < 4.78 is 17.0. The molecule has 2 aliphatic rings. The lowest BCUT2D eigenvalue weighted by Gasteiger charge is -2.35. The van der Waals surface area contributed by atoms with Crippen LogP contribution in [0.3, 0.4) is 0 Å². The fourth-order valence-electron chi connectivity index (χ4n) is 5.31. The number of piperidine rings is 1. The van der Waals surface area contributed by atoms with Gasteiger partial charge < -0.3 is 16.0 Å². The molecule has 0 unspecified atom stereocenters. The van der Waals surface area contributed by atoms with E-state index >= 15 is 4.39 Å². The van der Waals surface area contributed by atoms with Crippen molar-refractivity contribution in [2.45, 2.75) is 65.8 Å². The zero-order chi connectivity index (χ0) is 24.8. The van der Waals surface area contributed by atoms with Crippen molar-refractivity contribution in [2.75, 3.05) is 18.0 Å². The molecule has 1 aromatic carbocycles. The zero-order valence-electron chi connectivity index (χ0n) is 20.2. The summed E-state index contributed by atoms with van der Waals surface area (Å²) in [5.41, 5.74) is 7.49. The van der Waals surface area contributed by atoms with Gasteiger partial charge in [-0.3, -0.25) is 14.4 Å². The lowest BCUT2D eigenvalue weighted by molar-refractivity contribution is -0.117. The first-order chi connectivity index (χ1) is 16.0. The van der Waals surface area contributed by atoms with Crippen LogP contribution < -0.4 is 16.0 Å². The minimum atomic E-state index is -0.938. The fraction of sp³-hybridized carbons (Fsp3) is 0.520. The highest BCUT2D eigenvalue weighted by Crippen LogP contribution is 2.38. The standard InChI is InChI=1S/C25H32FN5O3/c1-5-18-23-20(12-25(3,4)13-21(23)33)31(29-18)16-10-17(26)22(24(27)34)19(11-16)30(14(2)32)15-6-8-28-9-7-15/h10-11,15,28H,5-9,12-13H2,1-4H3,(H2,27,34). The van der Waals surface area contributed by atoms with Crippen LogP contribution in [0.5, 0.6) is 0 Å². The summed E-state index contributed by atoms with van der Waals surface area (Å²) in [7, 11) is 0. The molecule has 2 amide bonds. The second-order valence-electron chi connectivity index (χ2n) is 10.0.